The van der Waals surface area contributed by atoms with Crippen LogP contribution >= 0.6 is 0 Å². The molecule has 40 atom stereocenters. The molecule has 20 heteroatoms. The predicted molar refractivity (Wildman–Crippen MR) is 538 cm³/mol. The van der Waals surface area contributed by atoms with E-state index in [1.54, 1.807) is 35.6 Å². The molecule has 23 saturated carbocycles. The summed E-state index contributed by atoms with van der Waals surface area (Å²) in [5, 5.41) is 80.5. The number of aromatic nitrogens is 8. The first kappa shape index (κ1) is 100. The van der Waals surface area contributed by atoms with Crippen molar-refractivity contribution in [2.75, 3.05) is 0 Å². The average molecular weight is 1900 g/mol. The summed E-state index contributed by atoms with van der Waals surface area (Å²) in [6.07, 6.45) is 55.0. The fourth-order valence-corrected chi connectivity index (χ4v) is 40.3. The van der Waals surface area contributed by atoms with Crippen LogP contribution in [0.15, 0.2) is 37.2 Å². The molecule has 4 aromatic rings. The van der Waals surface area contributed by atoms with Crippen LogP contribution in [0.25, 0.3) is 9.69 Å². The van der Waals surface area contributed by atoms with E-state index in [0.29, 0.717) is 138 Å². The number of ketones is 4. The maximum atomic E-state index is 13.9. The van der Waals surface area contributed by atoms with Crippen molar-refractivity contribution in [1.29, 1.82) is 5.26 Å². The Hall–Kier alpha value is -6.21. The Morgan fingerprint density at radius 2 is 0.712 bits per heavy atom. The van der Waals surface area contributed by atoms with Gasteiger partial charge in [-0.2, -0.15) is 25.7 Å². The van der Waals surface area contributed by atoms with Crippen molar-refractivity contribution in [3.05, 3.63) is 82.5 Å². The summed E-state index contributed by atoms with van der Waals surface area (Å²) < 4.78 is 7.25. The summed E-state index contributed by atoms with van der Waals surface area (Å²) in [6.45, 7) is 38.0. The van der Waals surface area contributed by atoms with Crippen molar-refractivity contribution in [3.8, 4) is 6.07 Å². The van der Waals surface area contributed by atoms with Crippen LogP contribution in [0.1, 0.15) is 377 Å². The summed E-state index contributed by atoms with van der Waals surface area (Å²) >= 11 is 0. The first-order chi connectivity index (χ1) is 64.3. The Kier molecular flexibility index (Phi) is 25.4. The fourth-order valence-electron chi connectivity index (χ4n) is 40.3. The van der Waals surface area contributed by atoms with Crippen molar-refractivity contribution in [2.45, 2.75) is 414 Å². The molecule has 0 amide bonds. The molecule has 0 bridgehead atoms. The molecule has 0 unspecified atom stereocenters. The van der Waals surface area contributed by atoms with Crippen LogP contribution in [0.2, 0.25) is 0 Å². The van der Waals surface area contributed by atoms with Gasteiger partial charge in [0, 0.05) is 59.1 Å². The summed E-state index contributed by atoms with van der Waals surface area (Å²) in [6, 6.07) is 2.45. The van der Waals surface area contributed by atoms with Gasteiger partial charge < -0.3 is 25.5 Å². The van der Waals surface area contributed by atoms with E-state index < -0.39 is 28.0 Å². The quantitative estimate of drug-likeness (QED) is 0.0653. The minimum absolute atomic E-state index is 0. The number of fused-ring (bicyclic) bond motifs is 28. The normalized spacial score (nSPS) is 47.5. The van der Waals surface area contributed by atoms with Gasteiger partial charge in [-0.25, -0.2) is 9.69 Å². The van der Waals surface area contributed by atoms with Crippen LogP contribution in [0.3, 0.4) is 0 Å². The second-order valence-electron chi connectivity index (χ2n) is 54.6. The molecule has 4 heterocycles. The molecule has 0 saturated heterocycles. The van der Waals surface area contributed by atoms with E-state index in [0.717, 1.165) is 213 Å². The smallest absolute Gasteiger partial charge is 0.227 e. The summed E-state index contributed by atoms with van der Waals surface area (Å²) in [4.78, 5) is 62.5. The topological polar surface area (TPSA) is 273 Å². The lowest BCUT2D eigenvalue weighted by molar-refractivity contribution is -0.137. The number of Topliss-reactive ketones (excluding diaryl/α,β-unsaturated/α-hetero) is 4. The Bertz CT molecular complexity index is 5440. The van der Waals surface area contributed by atoms with Gasteiger partial charge in [0.15, 0.2) is 23.1 Å². The maximum absolute atomic E-state index is 13.9. The highest BCUT2D eigenvalue weighted by Crippen LogP contribution is 2.80. The standard InChI is InChI=1S/3C29H39N3O2.C28H42N2O3.4CH4/c1-28(34)10-8-18-17(13-28)6-7-20-19(18)9-11-29(2)25(20)21-12-22(21)26(29)24(33)15-32-14-23(30-3)27(31-32)16-4-5-16;1-28(34)10-8-18-17(13-28)6-7-20-19(18)9-11-29(2)25(20)21-12-22(21)26(29)24(33)15-32-27(16-4-5-16)23(30-3)14-31-32;1-27(34)7-5-19-17(12-27)3-4-21-20(19)6-8-28(2)25(21)22-11-23(22)26(28)24(33)15-32-14-18(13-31-32)29(16-30)9-10-29;1-26(2,32)17-13-29-30(14-17)15-23(31)25-22-11-21(22)24-20-6-5-16-12-27(3,33)9-7-18(16)19(20)8-10-28(24,25)4;;;;/h2*14,16-22,25-26,34H,4-13,15H2,1-2H3;13-14,17,19-23,25-26,34H,3-12,15H2,1-2H3;13-14,16,18-22,24-25,32-33H,5-12,15H2,1-4H3;4*1H4/t2*17-,18+,19-,20-,21-,22+,25-,26-,28-,29+;17-,19+,20-,21-,22-,23+,25-,26-,27-,28+;16-,18+,19-,20-,21-,22+,24-,25-,27-,28+;;;;/m1111..../s1. The first-order valence-electron chi connectivity index (χ1n) is 55.4. The van der Waals surface area contributed by atoms with Crippen LogP contribution < -0.4 is 0 Å². The monoisotopic (exact) mass is 1900 g/mol. The van der Waals surface area contributed by atoms with E-state index in [1.807, 2.05) is 61.8 Å². The highest BCUT2D eigenvalue weighted by Gasteiger charge is 2.76. The third-order valence-corrected chi connectivity index (χ3v) is 46.0. The number of hydrogen-bond acceptors (Lipinski definition) is 14. The number of aliphatic hydroxyl groups is 5. The van der Waals surface area contributed by atoms with E-state index in [9.17, 15) is 50.0 Å². The van der Waals surface area contributed by atoms with Crippen LogP contribution in [-0.2, 0) is 56.4 Å². The second kappa shape index (κ2) is 35.3. The number of hydrogen-bond donors (Lipinski definition) is 5. The van der Waals surface area contributed by atoms with Gasteiger partial charge in [-0.15, -0.1) is 0 Å². The molecule has 23 fully saturated rings. The SMILES string of the molecule is C.C.C.C.CC(C)(O)c1cnn(CC(=O)[C@H]2[C@H]3C[C@H]3[C@H]3[C@@H]4CC[C@@H]5C[C@](C)(O)CC[C@@H]5[C@H]4CC[C@@]32C)c1.C[C@@]1(O)CC[C@H]2[C@H](CC[C@@H]3[C@@H]2CC[C@@]2(C)[C@H]3[C@@H]3C[C@@H]3[C@@H]2C(=O)Cn2cc(C3(C#N)CC3)cn2)C1.[C-]#[N+]c1cn(CC(=O)[C@H]2[C@H]3C[C@H]3[C@H]3[C@@H]4CC[C@@H]5C[C@](C)(O)CC[C@@H]5[C@H]4CC[C@@]32C)nc1C1CC1.[C-]#[N+]c1cnn(CC(=O)[C@H]2[C@H]3C[C@H]3[C@H]3[C@@H]4CC[C@@H]5C[C@](C)(O)CC[C@@H]5[C@H]4CC[C@@]32C)c1C1CC1. The van der Waals surface area contributed by atoms with E-state index in [4.69, 9.17) is 18.2 Å². The Morgan fingerprint density at radius 3 is 1.04 bits per heavy atom. The van der Waals surface area contributed by atoms with Crippen molar-refractivity contribution >= 4 is 34.5 Å². The lowest BCUT2D eigenvalue weighted by Gasteiger charge is -2.57. The predicted octanol–water partition coefficient (Wildman–Crippen LogP) is 23.5. The summed E-state index contributed by atoms with van der Waals surface area (Å²) in [5.74, 6) is 23.8. The van der Waals surface area contributed by atoms with Crippen molar-refractivity contribution in [3.63, 3.8) is 0 Å². The molecule has 0 radical (unpaired) electrons. The molecule has 5 N–H and O–H groups in total. The Morgan fingerprint density at radius 1 is 0.381 bits per heavy atom. The van der Waals surface area contributed by atoms with E-state index in [1.165, 1.54) is 154 Å². The Labute approximate surface area is 832 Å². The minimum Gasteiger partial charge on any atom is -0.390 e. The zero-order valence-electron chi connectivity index (χ0n) is 83.1. The zero-order chi connectivity index (χ0) is 93.6. The van der Waals surface area contributed by atoms with Gasteiger partial charge in [0.05, 0.1) is 103 Å². The third kappa shape index (κ3) is 16.9. The highest BCUT2D eigenvalue weighted by molar-refractivity contribution is 5.85. The number of carbonyl (C=O) groups is 4. The molecule has 0 aliphatic heterocycles. The van der Waals surface area contributed by atoms with Crippen LogP contribution in [0.5, 0.6) is 0 Å². The largest absolute Gasteiger partial charge is 0.390 e. The number of nitrogens with zero attached hydrogens (tertiary/aromatic N) is 11. The molecule has 23 aliphatic carbocycles. The van der Waals surface area contributed by atoms with Gasteiger partial charge >= 0.3 is 0 Å². The van der Waals surface area contributed by atoms with E-state index in [-0.39, 0.29) is 80.5 Å². The van der Waals surface area contributed by atoms with Gasteiger partial charge in [0.2, 0.25) is 11.4 Å². The molecule has 0 aromatic carbocycles. The Balaban J connectivity index is 0.000000113. The minimum atomic E-state index is -0.933. The van der Waals surface area contributed by atoms with Crippen molar-refractivity contribution in [1.82, 2.24) is 39.1 Å². The van der Waals surface area contributed by atoms with Gasteiger partial charge in [-0.05, 0) is 485 Å². The van der Waals surface area contributed by atoms with E-state index in [2.05, 4.69) is 58.8 Å². The second-order valence-corrected chi connectivity index (χ2v) is 54.6. The number of rotatable bonds is 16. The van der Waals surface area contributed by atoms with Gasteiger partial charge in [0.25, 0.3) is 0 Å². The number of nitriles is 1. The van der Waals surface area contributed by atoms with Crippen LogP contribution in [0, 0.1) is 236 Å². The van der Waals surface area contributed by atoms with Gasteiger partial charge in [-0.3, -0.25) is 37.9 Å². The van der Waals surface area contributed by atoms with Crippen molar-refractivity contribution < 1.29 is 44.7 Å². The molecule has 0 spiro atoms. The average Bonchev–Trinajstić information content (AvgIpc) is 1.53. The van der Waals surface area contributed by atoms with E-state index >= 15 is 0 Å². The first-order valence-corrected chi connectivity index (χ1v) is 55.4. The highest BCUT2D eigenvalue weighted by atomic mass is 16.3. The number of carbonyl (C=O) groups excluding carboxylic acids is 4. The zero-order valence-corrected chi connectivity index (χ0v) is 83.1. The van der Waals surface area contributed by atoms with Crippen LogP contribution in [-0.4, -0.2) is 110 Å². The lowest BCUT2D eigenvalue weighted by Crippen LogP contribution is -2.52. The van der Waals surface area contributed by atoms with Crippen molar-refractivity contribution in [2.24, 2.45) is 211 Å². The molecule has 20 nitrogen and oxygen atoms in total. The molecular weight excluding hydrogens is 1730 g/mol. The molecule has 23 aliphatic rings. The fraction of sp³-hybridized carbons (Fsp3) is 0.840. The lowest BCUT2D eigenvalue weighted by atomic mass is 9.48. The summed E-state index contributed by atoms with van der Waals surface area (Å²) in [7, 11) is 0. The van der Waals surface area contributed by atoms with Gasteiger partial charge in [0.1, 0.15) is 0 Å². The summed E-state index contributed by atoms with van der Waals surface area (Å²) in [5.41, 5.74) is 2.50. The molecule has 27 rings (SSSR count). The molecule has 4 aromatic heterocycles. The van der Waals surface area contributed by atoms with Crippen LogP contribution in [0.4, 0.5) is 11.4 Å². The van der Waals surface area contributed by atoms with Gasteiger partial charge in [-0.1, -0.05) is 57.4 Å². The molecule has 139 heavy (non-hydrogen) atoms. The molecular formula is C119H175N11O9. The maximum Gasteiger partial charge on any atom is 0.227 e. The third-order valence-electron chi connectivity index (χ3n) is 46.0. The molecule has 760 valence electrons.